The second-order valence-corrected chi connectivity index (χ2v) is 14.5. The van der Waals surface area contributed by atoms with Gasteiger partial charge in [0.1, 0.15) is 12.6 Å². The molecule has 0 bridgehead atoms. The van der Waals surface area contributed by atoms with E-state index in [1.165, 1.54) is 70.6 Å². The number of esters is 2. The number of phosphoric ester groups is 1. The van der Waals surface area contributed by atoms with Crippen molar-refractivity contribution in [2.24, 2.45) is 5.73 Å². The molecule has 50 heavy (non-hydrogen) atoms. The molecule has 292 valence electrons. The maximum absolute atomic E-state index is 12.6. The number of rotatable bonds is 36. The van der Waals surface area contributed by atoms with Crippen LogP contribution >= 0.6 is 7.82 Å². The molecule has 0 aliphatic rings. The van der Waals surface area contributed by atoms with E-state index in [0.717, 1.165) is 57.8 Å². The second-order valence-electron chi connectivity index (χ2n) is 13.1. The molecule has 0 fully saturated rings. The lowest BCUT2D eigenvalue weighted by atomic mass is 10.1. The van der Waals surface area contributed by atoms with Crippen molar-refractivity contribution in [1.82, 2.24) is 0 Å². The number of carbonyl (C=O) groups excluding carboxylic acids is 2. The lowest BCUT2D eigenvalue weighted by Gasteiger charge is -2.20. The topological polar surface area (TPSA) is 172 Å². The maximum atomic E-state index is 12.6. The molecule has 0 saturated heterocycles. The maximum Gasteiger partial charge on any atom is 0.472 e. The zero-order valence-corrected chi connectivity index (χ0v) is 32.1. The normalized spacial score (nSPS) is 14.2. The highest BCUT2D eigenvalue weighted by Gasteiger charge is 2.28. The van der Waals surface area contributed by atoms with E-state index in [1.54, 1.807) is 0 Å². The van der Waals surface area contributed by atoms with Gasteiger partial charge in [-0.25, -0.2) is 4.57 Å². The molecule has 0 aliphatic heterocycles. The van der Waals surface area contributed by atoms with Gasteiger partial charge in [0, 0.05) is 12.8 Å². The van der Waals surface area contributed by atoms with Gasteiger partial charge < -0.3 is 25.2 Å². The van der Waals surface area contributed by atoms with Crippen molar-refractivity contribution >= 4 is 25.7 Å². The Morgan fingerprint density at radius 1 is 0.620 bits per heavy atom. The summed E-state index contributed by atoms with van der Waals surface area (Å²) in [5.41, 5.74) is 5.31. The smallest absolute Gasteiger partial charge is 0.472 e. The van der Waals surface area contributed by atoms with Gasteiger partial charge in [-0.3, -0.25) is 23.4 Å². The minimum atomic E-state index is -4.71. The molecule has 0 aromatic carbocycles. The fourth-order valence-corrected chi connectivity index (χ4v) is 5.87. The van der Waals surface area contributed by atoms with E-state index in [-0.39, 0.29) is 19.4 Å². The van der Waals surface area contributed by atoms with E-state index in [9.17, 15) is 23.8 Å². The molecule has 0 heterocycles. The Labute approximate surface area is 302 Å². The van der Waals surface area contributed by atoms with Gasteiger partial charge in [-0.1, -0.05) is 134 Å². The monoisotopic (exact) mass is 731 g/mol. The summed E-state index contributed by atoms with van der Waals surface area (Å²) in [6, 6.07) is -1.52. The highest BCUT2D eigenvalue weighted by Crippen LogP contribution is 2.43. The summed E-state index contributed by atoms with van der Waals surface area (Å²) >= 11 is 0. The van der Waals surface area contributed by atoms with E-state index in [0.29, 0.717) is 12.8 Å². The summed E-state index contributed by atoms with van der Waals surface area (Å²) in [5.74, 6) is -2.39. The van der Waals surface area contributed by atoms with Crippen molar-refractivity contribution in [2.45, 2.75) is 180 Å². The largest absolute Gasteiger partial charge is 0.480 e. The number of hydrogen-bond donors (Lipinski definition) is 3. The number of hydrogen-bond acceptors (Lipinski definition) is 9. The van der Waals surface area contributed by atoms with E-state index in [4.69, 9.17) is 24.8 Å². The van der Waals surface area contributed by atoms with Crippen molar-refractivity contribution < 1.29 is 47.5 Å². The Morgan fingerprint density at radius 2 is 1.06 bits per heavy atom. The molecule has 0 spiro atoms. The van der Waals surface area contributed by atoms with Gasteiger partial charge in [-0.15, -0.1) is 0 Å². The first kappa shape index (κ1) is 48.0. The summed E-state index contributed by atoms with van der Waals surface area (Å²) in [5, 5.41) is 8.85. The van der Waals surface area contributed by atoms with Gasteiger partial charge in [-0.05, 0) is 44.9 Å². The van der Waals surface area contributed by atoms with Crippen LogP contribution in [0, 0.1) is 0 Å². The van der Waals surface area contributed by atoms with Gasteiger partial charge >= 0.3 is 25.7 Å². The summed E-state index contributed by atoms with van der Waals surface area (Å²) in [4.78, 5) is 45.7. The summed E-state index contributed by atoms with van der Waals surface area (Å²) in [7, 11) is -4.71. The number of unbranched alkanes of at least 4 members (excludes halogenated alkanes) is 18. The van der Waals surface area contributed by atoms with Crippen LogP contribution in [0.2, 0.25) is 0 Å². The van der Waals surface area contributed by atoms with Crippen LogP contribution < -0.4 is 5.73 Å². The van der Waals surface area contributed by atoms with Gasteiger partial charge in [0.25, 0.3) is 0 Å². The number of carboxylic acid groups (broad SMARTS) is 1. The average molecular weight is 732 g/mol. The number of ether oxygens (including phenoxy) is 2. The third-order valence-corrected chi connectivity index (χ3v) is 9.15. The lowest BCUT2D eigenvalue weighted by molar-refractivity contribution is -0.161. The van der Waals surface area contributed by atoms with Crippen LogP contribution in [0.5, 0.6) is 0 Å². The number of aliphatic carboxylic acids is 1. The van der Waals surface area contributed by atoms with Crippen molar-refractivity contribution in [2.75, 3.05) is 19.8 Å². The van der Waals surface area contributed by atoms with Crippen molar-refractivity contribution in [3.05, 3.63) is 24.3 Å². The zero-order valence-electron chi connectivity index (χ0n) is 31.2. The molecule has 0 radical (unpaired) electrons. The first-order valence-corrected chi connectivity index (χ1v) is 20.9. The molecular weight excluding hydrogens is 661 g/mol. The van der Waals surface area contributed by atoms with Crippen LogP contribution in [0.15, 0.2) is 24.3 Å². The van der Waals surface area contributed by atoms with Gasteiger partial charge in [0.15, 0.2) is 6.10 Å². The van der Waals surface area contributed by atoms with Crippen molar-refractivity contribution in [3.8, 4) is 0 Å². The van der Waals surface area contributed by atoms with Crippen molar-refractivity contribution in [1.29, 1.82) is 0 Å². The van der Waals surface area contributed by atoms with E-state index in [2.05, 4.69) is 42.7 Å². The predicted molar refractivity (Wildman–Crippen MR) is 199 cm³/mol. The summed E-state index contributed by atoms with van der Waals surface area (Å²) in [6.07, 6.45) is 32.5. The Balaban J connectivity index is 4.40. The van der Waals surface area contributed by atoms with Crippen molar-refractivity contribution in [3.63, 3.8) is 0 Å². The first-order valence-electron chi connectivity index (χ1n) is 19.4. The zero-order chi connectivity index (χ0) is 37.1. The molecular formula is C38H70NO10P. The summed E-state index contributed by atoms with van der Waals surface area (Å²) in [6.45, 7) is 2.73. The molecule has 3 atom stereocenters. The first-order chi connectivity index (χ1) is 24.1. The number of nitrogens with two attached hydrogens (primary N) is 1. The molecule has 0 aromatic rings. The second kappa shape index (κ2) is 34.1. The minimum Gasteiger partial charge on any atom is -0.480 e. The van der Waals surface area contributed by atoms with Gasteiger partial charge in [0.2, 0.25) is 0 Å². The summed E-state index contributed by atoms with van der Waals surface area (Å²) < 4.78 is 32.5. The third-order valence-electron chi connectivity index (χ3n) is 8.20. The fourth-order valence-electron chi connectivity index (χ4n) is 5.09. The van der Waals surface area contributed by atoms with E-state index < -0.39 is 51.1 Å². The fraction of sp³-hybridized carbons (Fsp3) is 0.816. The molecule has 0 amide bonds. The van der Waals surface area contributed by atoms with Crippen LogP contribution in [0.25, 0.3) is 0 Å². The third kappa shape index (κ3) is 33.1. The molecule has 0 aromatic heterocycles. The Kier molecular flexibility index (Phi) is 32.7. The van der Waals surface area contributed by atoms with Crippen LogP contribution in [-0.4, -0.2) is 59.9 Å². The number of carbonyl (C=O) groups is 3. The van der Waals surface area contributed by atoms with Crippen LogP contribution in [0.3, 0.4) is 0 Å². The molecule has 0 rings (SSSR count). The average Bonchev–Trinajstić information content (AvgIpc) is 3.09. The highest BCUT2D eigenvalue weighted by atomic mass is 31.2. The Hall–Kier alpha value is -2.04. The van der Waals surface area contributed by atoms with Crippen LogP contribution in [-0.2, 0) is 37.5 Å². The molecule has 0 aliphatic carbocycles. The lowest BCUT2D eigenvalue weighted by Crippen LogP contribution is -2.34. The quantitative estimate of drug-likeness (QED) is 0.0242. The van der Waals surface area contributed by atoms with E-state index in [1.807, 2.05) is 0 Å². The van der Waals surface area contributed by atoms with Gasteiger partial charge in [-0.2, -0.15) is 0 Å². The molecule has 11 nitrogen and oxygen atoms in total. The van der Waals surface area contributed by atoms with Gasteiger partial charge in [0.05, 0.1) is 13.2 Å². The van der Waals surface area contributed by atoms with Crippen LogP contribution in [0.4, 0.5) is 0 Å². The van der Waals surface area contributed by atoms with Crippen LogP contribution in [0.1, 0.15) is 168 Å². The number of allylic oxidation sites excluding steroid dienone is 4. The Morgan fingerprint density at radius 3 is 1.60 bits per heavy atom. The molecule has 12 heteroatoms. The van der Waals surface area contributed by atoms with E-state index >= 15 is 0 Å². The molecule has 4 N–H and O–H groups in total. The minimum absolute atomic E-state index is 0.154. The predicted octanol–water partition coefficient (Wildman–Crippen LogP) is 9.50. The standard InChI is InChI=1S/C38H70NO10P/c1-3-5-7-9-11-13-14-15-16-17-18-19-20-22-24-26-28-30-37(41)49-34(32-47-50(44,45)48-33-35(39)38(42)43)31-46-36(40)29-27-25-23-21-12-10-8-6-4-2/h11,13,15-16,34-35H,3-10,12,14,17-33,39H2,1-2H3,(H,42,43)(H,44,45)/b13-11-,16-15-/t34-,35+/m1/s1. The number of phosphoric acid groups is 1. The Bertz CT molecular complexity index is 958. The SMILES string of the molecule is CCCCC/C=C\C/C=C\CCCCCCCCCC(=O)O[C@H](COC(=O)CCCCCCCCCCC)COP(=O)(O)OC[C@H](N)C(=O)O. The molecule has 0 saturated carbocycles. The molecule has 1 unspecified atom stereocenters. The number of carboxylic acids is 1. The highest BCUT2D eigenvalue weighted by molar-refractivity contribution is 7.47.